The Labute approximate surface area is 164 Å². The fraction of sp³-hybridized carbons (Fsp3) is 0.188. The van der Waals surface area contributed by atoms with E-state index >= 15 is 0 Å². The summed E-state index contributed by atoms with van der Waals surface area (Å²) in [6.07, 6.45) is 2.22. The van der Waals surface area contributed by atoms with Gasteiger partial charge < -0.3 is 4.84 Å². The van der Waals surface area contributed by atoms with Crippen molar-refractivity contribution in [1.29, 1.82) is 0 Å². The summed E-state index contributed by atoms with van der Waals surface area (Å²) in [5.41, 5.74) is 0.192. The first kappa shape index (κ1) is 19.0. The van der Waals surface area contributed by atoms with Gasteiger partial charge in [0.05, 0.1) is 11.3 Å². The van der Waals surface area contributed by atoms with Gasteiger partial charge in [0.25, 0.3) is 23.6 Å². The molecule has 2 heterocycles. The normalized spacial score (nSPS) is 19.5. The first-order valence-electron chi connectivity index (χ1n) is 7.14. The topological polar surface area (TPSA) is 101 Å². The van der Waals surface area contributed by atoms with Gasteiger partial charge in [0.1, 0.15) is 0 Å². The molecule has 0 saturated carbocycles. The van der Waals surface area contributed by atoms with Gasteiger partial charge in [-0.15, -0.1) is 5.06 Å². The van der Waals surface area contributed by atoms with Crippen LogP contribution in [0.15, 0.2) is 36.4 Å². The molecule has 1 aromatic carbocycles. The van der Waals surface area contributed by atoms with Gasteiger partial charge in [0.2, 0.25) is 0 Å². The summed E-state index contributed by atoms with van der Waals surface area (Å²) in [6.45, 7) is 1.56. The average molecular weight is 351 g/mol. The first-order chi connectivity index (χ1) is 11.4. The second-order valence-corrected chi connectivity index (χ2v) is 5.41. The largest absolute Gasteiger partial charge is 1.00 e. The third-order valence-corrected chi connectivity index (χ3v) is 3.65. The van der Waals surface area contributed by atoms with Gasteiger partial charge in [-0.1, -0.05) is 13.0 Å². The average Bonchev–Trinajstić information content (AvgIpc) is 3.01. The van der Waals surface area contributed by atoms with Crippen molar-refractivity contribution in [2.24, 2.45) is 5.92 Å². The smallest absolute Gasteiger partial charge is 0.325 e. The van der Waals surface area contributed by atoms with E-state index in [0.717, 1.165) is 17.1 Å². The quantitative estimate of drug-likeness (QED) is 0.444. The van der Waals surface area contributed by atoms with Gasteiger partial charge in [0.15, 0.2) is 0 Å². The van der Waals surface area contributed by atoms with E-state index in [-0.39, 0.29) is 47.2 Å². The van der Waals surface area contributed by atoms with E-state index < -0.39 is 35.5 Å². The number of hydrogen-bond donors (Lipinski definition) is 0. The summed E-state index contributed by atoms with van der Waals surface area (Å²) in [6, 6.07) is 5.60. The van der Waals surface area contributed by atoms with E-state index in [9.17, 15) is 24.0 Å². The summed E-state index contributed by atoms with van der Waals surface area (Å²) < 4.78 is 0. The molecule has 0 radical (unpaired) electrons. The Morgan fingerprint density at radius 3 is 2.32 bits per heavy atom. The summed E-state index contributed by atoms with van der Waals surface area (Å²) in [4.78, 5) is 64.7. The van der Waals surface area contributed by atoms with Crippen LogP contribution in [0.5, 0.6) is 0 Å². The van der Waals surface area contributed by atoms with Gasteiger partial charge in [-0.2, -0.15) is 0 Å². The fourth-order valence-electron chi connectivity index (χ4n) is 2.41. The van der Waals surface area contributed by atoms with Crippen LogP contribution in [0.1, 0.15) is 23.7 Å². The molecule has 1 saturated heterocycles. The minimum absolute atomic E-state index is 0. The molecule has 0 spiro atoms. The minimum Gasteiger partial charge on any atom is -0.325 e. The molecule has 1 atom stereocenters. The van der Waals surface area contributed by atoms with Crippen LogP contribution in [0.2, 0.25) is 0 Å². The summed E-state index contributed by atoms with van der Waals surface area (Å²) in [7, 11) is 0. The van der Waals surface area contributed by atoms with Crippen molar-refractivity contribution in [3.05, 3.63) is 42.0 Å². The molecule has 1 unspecified atom stereocenters. The number of amides is 4. The molecule has 25 heavy (non-hydrogen) atoms. The molecule has 1 fully saturated rings. The van der Waals surface area contributed by atoms with Gasteiger partial charge in [-0.3, -0.25) is 19.2 Å². The number of hydroxylamine groups is 2. The second kappa shape index (κ2) is 7.30. The number of nitrogens with zero attached hydrogens (tertiary/aromatic N) is 2. The molecule has 0 N–H and O–H groups in total. The number of rotatable bonds is 3. The predicted molar refractivity (Wildman–Crippen MR) is 79.1 cm³/mol. The predicted octanol–water partition coefficient (Wildman–Crippen LogP) is -2.41. The van der Waals surface area contributed by atoms with E-state index in [0.29, 0.717) is 5.06 Å². The van der Waals surface area contributed by atoms with E-state index in [1.807, 2.05) is 0 Å². The Morgan fingerprint density at radius 1 is 1.12 bits per heavy atom. The van der Waals surface area contributed by atoms with Crippen molar-refractivity contribution >= 4 is 35.3 Å². The number of carbonyl (C=O) groups excluding carboxylic acids is 5. The molecule has 0 aromatic heterocycles. The zero-order chi connectivity index (χ0) is 17.4. The molecule has 4 amide bonds. The summed E-state index contributed by atoms with van der Waals surface area (Å²) in [5.74, 6) is -3.69. The first-order valence-corrected chi connectivity index (χ1v) is 7.14. The van der Waals surface area contributed by atoms with Crippen LogP contribution < -0.4 is 34.5 Å². The second-order valence-electron chi connectivity index (χ2n) is 5.41. The van der Waals surface area contributed by atoms with Crippen molar-refractivity contribution in [2.75, 3.05) is 4.90 Å². The van der Waals surface area contributed by atoms with Crippen molar-refractivity contribution in [1.82, 2.24) is 5.06 Å². The maximum atomic E-state index is 12.2. The number of anilines is 1. The SMILES string of the molecule is CC1CC(=O)N(OC(=O)c2cccc(N3C(=O)C=CC3=O)c2)C1=O.[Na+]. The third kappa shape index (κ3) is 3.55. The van der Waals surface area contributed by atoms with Crippen LogP contribution >= 0.6 is 0 Å². The van der Waals surface area contributed by atoms with Crippen molar-refractivity contribution in [2.45, 2.75) is 13.3 Å². The minimum atomic E-state index is -0.931. The molecule has 8 nitrogen and oxygen atoms in total. The maximum absolute atomic E-state index is 12.2. The molecule has 9 heteroatoms. The van der Waals surface area contributed by atoms with Gasteiger partial charge in [-0.25, -0.2) is 9.69 Å². The van der Waals surface area contributed by atoms with Crippen LogP contribution in [0.3, 0.4) is 0 Å². The summed E-state index contributed by atoms with van der Waals surface area (Å²) in [5, 5.41) is 0.452. The molecular weight excluding hydrogens is 339 g/mol. The van der Waals surface area contributed by atoms with E-state index in [2.05, 4.69) is 0 Å². The van der Waals surface area contributed by atoms with E-state index in [1.165, 1.54) is 24.3 Å². The molecule has 122 valence electrons. The summed E-state index contributed by atoms with van der Waals surface area (Å²) >= 11 is 0. The zero-order valence-corrected chi connectivity index (χ0v) is 15.6. The van der Waals surface area contributed by atoms with Crippen molar-refractivity contribution in [3.63, 3.8) is 0 Å². The number of imide groups is 2. The van der Waals surface area contributed by atoms with Gasteiger partial charge >= 0.3 is 35.5 Å². The van der Waals surface area contributed by atoms with Crippen molar-refractivity contribution in [3.8, 4) is 0 Å². The van der Waals surface area contributed by atoms with Crippen LogP contribution in [0.4, 0.5) is 5.69 Å². The molecule has 2 aliphatic heterocycles. The Hall–Kier alpha value is -2.29. The van der Waals surface area contributed by atoms with Crippen molar-refractivity contribution < 1.29 is 58.4 Å². The molecule has 2 aliphatic rings. The van der Waals surface area contributed by atoms with Crippen LogP contribution in [0, 0.1) is 5.92 Å². The molecule has 1 aromatic rings. The van der Waals surface area contributed by atoms with Crippen LogP contribution in [0.25, 0.3) is 0 Å². The number of hydrogen-bond acceptors (Lipinski definition) is 6. The van der Waals surface area contributed by atoms with Crippen LogP contribution in [-0.4, -0.2) is 34.7 Å². The third-order valence-electron chi connectivity index (χ3n) is 3.65. The van der Waals surface area contributed by atoms with Gasteiger partial charge in [-0.05, 0) is 18.2 Å². The number of carbonyl (C=O) groups is 5. The van der Waals surface area contributed by atoms with Crippen LogP contribution in [-0.2, 0) is 24.0 Å². The molecule has 3 rings (SSSR count). The Morgan fingerprint density at radius 2 is 1.76 bits per heavy atom. The zero-order valence-electron chi connectivity index (χ0n) is 13.6. The standard InChI is InChI=1S/C16H12N2O6.Na/c1-9-7-14(21)18(15(9)22)24-16(23)10-3-2-4-11(8-10)17-12(19)5-6-13(17)20;/h2-6,8-9H,7H2,1H3;/q;+1. The van der Waals surface area contributed by atoms with Gasteiger partial charge in [0, 0.05) is 24.5 Å². The molecule has 0 bridgehead atoms. The monoisotopic (exact) mass is 351 g/mol. The number of benzene rings is 1. The van der Waals surface area contributed by atoms with E-state index in [4.69, 9.17) is 4.84 Å². The maximum Gasteiger partial charge on any atom is 1.00 e. The van der Waals surface area contributed by atoms with E-state index in [1.54, 1.807) is 6.92 Å². The Bertz CT molecular complexity index is 801. The molecular formula is C16H12N2NaO6+. The Balaban J connectivity index is 0.00000225. The molecule has 0 aliphatic carbocycles. The fourth-order valence-corrected chi connectivity index (χ4v) is 2.41. The Kier molecular flexibility index (Phi) is 5.56.